The highest BCUT2D eigenvalue weighted by Gasteiger charge is 2.18. The highest BCUT2D eigenvalue weighted by Crippen LogP contribution is 2.31. The summed E-state index contributed by atoms with van der Waals surface area (Å²) in [5.41, 5.74) is 8.21. The number of H-pyrrole nitrogens is 2. The number of hydrogen-bond acceptors (Lipinski definition) is 6. The molecular formula is C30H27FN8. The molecule has 5 aromatic heterocycles. The van der Waals surface area contributed by atoms with E-state index in [-0.39, 0.29) is 5.82 Å². The summed E-state index contributed by atoms with van der Waals surface area (Å²) in [4.78, 5) is 22.0. The third kappa shape index (κ3) is 4.66. The highest BCUT2D eigenvalue weighted by molar-refractivity contribution is 5.95. The molecule has 194 valence electrons. The molecule has 1 fully saturated rings. The highest BCUT2D eigenvalue weighted by atomic mass is 19.1. The molecule has 39 heavy (non-hydrogen) atoms. The fraction of sp³-hybridized carbons (Fsp3) is 0.233. The van der Waals surface area contributed by atoms with E-state index in [1.165, 1.54) is 37.8 Å². The van der Waals surface area contributed by atoms with Gasteiger partial charge in [-0.3, -0.25) is 15.1 Å². The second-order valence-electron chi connectivity index (χ2n) is 10.2. The zero-order valence-electron chi connectivity index (χ0n) is 21.3. The SMILES string of the molecule is Fc1ccc(-c2cncc3[nH]c(-c4n[nH]c5ccc(-c6cncc(CNCC7CCCC7)c6)nc45)nc23)cc1. The molecule has 5 heterocycles. The van der Waals surface area contributed by atoms with Crippen LogP contribution in [0.5, 0.6) is 0 Å². The quantitative estimate of drug-likeness (QED) is 0.238. The summed E-state index contributed by atoms with van der Waals surface area (Å²) in [6.07, 6.45) is 12.6. The molecule has 1 saturated carbocycles. The molecule has 0 saturated heterocycles. The lowest BCUT2D eigenvalue weighted by Crippen LogP contribution is -2.20. The number of benzene rings is 1. The number of rotatable bonds is 7. The van der Waals surface area contributed by atoms with Crippen molar-refractivity contribution in [1.29, 1.82) is 0 Å². The van der Waals surface area contributed by atoms with E-state index in [2.05, 4.69) is 36.5 Å². The molecule has 1 aliphatic rings. The number of imidazole rings is 1. The Bertz CT molecular complexity index is 1770. The number of halogens is 1. The van der Waals surface area contributed by atoms with Gasteiger partial charge in [-0.05, 0) is 66.8 Å². The smallest absolute Gasteiger partial charge is 0.161 e. The average molecular weight is 519 g/mol. The van der Waals surface area contributed by atoms with E-state index in [0.29, 0.717) is 17.0 Å². The second kappa shape index (κ2) is 9.99. The fourth-order valence-corrected chi connectivity index (χ4v) is 5.47. The van der Waals surface area contributed by atoms with Crippen molar-refractivity contribution >= 4 is 22.1 Å². The summed E-state index contributed by atoms with van der Waals surface area (Å²) in [7, 11) is 0. The van der Waals surface area contributed by atoms with Crippen LogP contribution in [-0.4, -0.2) is 41.7 Å². The third-order valence-electron chi connectivity index (χ3n) is 7.51. The van der Waals surface area contributed by atoms with Crippen LogP contribution in [0.15, 0.2) is 67.3 Å². The molecule has 0 unspecified atom stereocenters. The Hall–Kier alpha value is -4.50. The molecule has 0 atom stereocenters. The molecule has 9 heteroatoms. The van der Waals surface area contributed by atoms with Gasteiger partial charge in [0, 0.05) is 36.3 Å². The lowest BCUT2D eigenvalue weighted by atomic mass is 10.1. The lowest BCUT2D eigenvalue weighted by molar-refractivity contribution is 0.489. The molecule has 0 bridgehead atoms. The molecule has 6 aromatic rings. The third-order valence-corrected chi connectivity index (χ3v) is 7.51. The van der Waals surface area contributed by atoms with Gasteiger partial charge in [-0.1, -0.05) is 25.0 Å². The number of pyridine rings is 3. The summed E-state index contributed by atoms with van der Waals surface area (Å²) in [6, 6.07) is 12.4. The van der Waals surface area contributed by atoms with Crippen LogP contribution < -0.4 is 5.32 Å². The minimum atomic E-state index is -0.285. The first kappa shape index (κ1) is 23.6. The maximum absolute atomic E-state index is 13.5. The number of hydrogen-bond donors (Lipinski definition) is 3. The predicted octanol–water partition coefficient (Wildman–Crippen LogP) is 6.04. The van der Waals surface area contributed by atoms with Crippen LogP contribution in [0, 0.1) is 11.7 Å². The van der Waals surface area contributed by atoms with Gasteiger partial charge in [-0.15, -0.1) is 0 Å². The number of nitrogens with zero attached hydrogens (tertiary/aromatic N) is 5. The van der Waals surface area contributed by atoms with Gasteiger partial charge >= 0.3 is 0 Å². The number of fused-ring (bicyclic) bond motifs is 2. The van der Waals surface area contributed by atoms with Gasteiger partial charge in [-0.25, -0.2) is 14.4 Å². The predicted molar refractivity (Wildman–Crippen MR) is 149 cm³/mol. The molecule has 3 N–H and O–H groups in total. The monoisotopic (exact) mass is 518 g/mol. The Labute approximate surface area is 224 Å². The summed E-state index contributed by atoms with van der Waals surface area (Å²) < 4.78 is 13.5. The molecule has 7 rings (SSSR count). The fourth-order valence-electron chi connectivity index (χ4n) is 5.47. The van der Waals surface area contributed by atoms with Gasteiger partial charge in [0.15, 0.2) is 11.5 Å². The second-order valence-corrected chi connectivity index (χ2v) is 10.2. The van der Waals surface area contributed by atoms with Gasteiger partial charge < -0.3 is 10.3 Å². The van der Waals surface area contributed by atoms with Crippen LogP contribution in [0.4, 0.5) is 4.39 Å². The maximum Gasteiger partial charge on any atom is 0.161 e. The van der Waals surface area contributed by atoms with Crippen LogP contribution >= 0.6 is 0 Å². The largest absolute Gasteiger partial charge is 0.335 e. The Morgan fingerprint density at radius 1 is 0.846 bits per heavy atom. The van der Waals surface area contributed by atoms with Crippen LogP contribution in [0.25, 0.3) is 56.0 Å². The summed E-state index contributed by atoms with van der Waals surface area (Å²) in [6.45, 7) is 1.85. The van der Waals surface area contributed by atoms with Crippen molar-refractivity contribution in [3.8, 4) is 33.9 Å². The first-order valence-electron chi connectivity index (χ1n) is 13.3. The van der Waals surface area contributed by atoms with Crippen LogP contribution in [0.3, 0.4) is 0 Å². The zero-order chi connectivity index (χ0) is 26.2. The number of nitrogens with one attached hydrogen (secondary N) is 3. The summed E-state index contributed by atoms with van der Waals surface area (Å²) in [5.74, 6) is 1.10. The van der Waals surface area contributed by atoms with E-state index >= 15 is 0 Å². The summed E-state index contributed by atoms with van der Waals surface area (Å²) >= 11 is 0. The van der Waals surface area contributed by atoms with Crippen LogP contribution in [0.1, 0.15) is 31.2 Å². The van der Waals surface area contributed by atoms with E-state index < -0.39 is 0 Å². The Kier molecular flexibility index (Phi) is 6.05. The maximum atomic E-state index is 13.5. The van der Waals surface area contributed by atoms with E-state index in [4.69, 9.17) is 9.97 Å². The summed E-state index contributed by atoms with van der Waals surface area (Å²) in [5, 5.41) is 11.2. The van der Waals surface area contributed by atoms with Crippen molar-refractivity contribution < 1.29 is 4.39 Å². The van der Waals surface area contributed by atoms with Gasteiger partial charge in [0.05, 0.1) is 28.4 Å². The zero-order valence-corrected chi connectivity index (χ0v) is 21.3. The van der Waals surface area contributed by atoms with E-state index in [0.717, 1.165) is 63.5 Å². The molecule has 0 aliphatic heterocycles. The van der Waals surface area contributed by atoms with Gasteiger partial charge in [0.25, 0.3) is 0 Å². The number of aromatic amines is 2. The topological polar surface area (TPSA) is 108 Å². The molecule has 1 aromatic carbocycles. The molecular weight excluding hydrogens is 491 g/mol. The number of aromatic nitrogens is 7. The van der Waals surface area contributed by atoms with Crippen molar-refractivity contribution in [3.05, 3.63) is 78.6 Å². The molecule has 0 radical (unpaired) electrons. The minimum Gasteiger partial charge on any atom is -0.335 e. The normalized spacial score (nSPS) is 14.1. The Morgan fingerprint density at radius 3 is 2.56 bits per heavy atom. The first-order valence-corrected chi connectivity index (χ1v) is 13.3. The molecule has 0 amide bonds. The van der Waals surface area contributed by atoms with Crippen LogP contribution in [0.2, 0.25) is 0 Å². The lowest BCUT2D eigenvalue weighted by Gasteiger charge is -2.11. The van der Waals surface area contributed by atoms with E-state index in [9.17, 15) is 4.39 Å². The average Bonchev–Trinajstić information content (AvgIpc) is 3.73. The molecule has 1 aliphatic carbocycles. The van der Waals surface area contributed by atoms with Crippen molar-refractivity contribution in [2.45, 2.75) is 32.2 Å². The van der Waals surface area contributed by atoms with E-state index in [1.807, 2.05) is 24.5 Å². The molecule has 0 spiro atoms. The van der Waals surface area contributed by atoms with Crippen molar-refractivity contribution in [3.63, 3.8) is 0 Å². The van der Waals surface area contributed by atoms with Crippen molar-refractivity contribution in [2.75, 3.05) is 6.54 Å². The van der Waals surface area contributed by atoms with Crippen molar-refractivity contribution in [1.82, 2.24) is 40.4 Å². The first-order chi connectivity index (χ1) is 19.2. The van der Waals surface area contributed by atoms with Gasteiger partial charge in [0.2, 0.25) is 0 Å². The molecule has 8 nitrogen and oxygen atoms in total. The minimum absolute atomic E-state index is 0.285. The van der Waals surface area contributed by atoms with E-state index in [1.54, 1.807) is 24.5 Å². The van der Waals surface area contributed by atoms with Gasteiger partial charge in [-0.2, -0.15) is 5.10 Å². The van der Waals surface area contributed by atoms with Gasteiger partial charge in [0.1, 0.15) is 11.3 Å². The van der Waals surface area contributed by atoms with Crippen LogP contribution in [-0.2, 0) is 6.54 Å². The standard InChI is InChI=1S/C30H27FN8/c31-22-7-5-20(6-8-22)23-16-34-17-26-27(23)37-30(36-26)29-28-25(38-39-29)10-9-24(35-28)21-11-19(14-33-15-21)13-32-12-18-3-1-2-4-18/h5-11,14-18,32H,1-4,12-13H2,(H,36,37)(H,38,39). The van der Waals surface area contributed by atoms with Crippen molar-refractivity contribution in [2.24, 2.45) is 5.92 Å². The Morgan fingerprint density at radius 2 is 1.69 bits per heavy atom. The Balaban J connectivity index is 1.20.